The van der Waals surface area contributed by atoms with E-state index >= 15 is 0 Å². The molecule has 2 aromatic rings. The largest absolute Gasteiger partial charge is 0.478 e. The Morgan fingerprint density at radius 1 is 0.870 bits per heavy atom. The standard InChI is InChI=1S/C7H5NO4.C6H2N2O3/c9-6(10)4-2-1-3-8-5(4)7(11)12;9-5-3-4(6(10)11-5)8-2-1-7-3/h1-3H,(H,9,10)(H,11,12);1-2H. The highest BCUT2D eigenvalue weighted by Crippen LogP contribution is 2.13. The lowest BCUT2D eigenvalue weighted by molar-refractivity contribution is 0.0438. The third-order valence-electron chi connectivity index (χ3n) is 2.51. The number of hydrogen-bond acceptors (Lipinski definition) is 8. The molecule has 3 heterocycles. The van der Waals surface area contributed by atoms with Gasteiger partial charge in [0.2, 0.25) is 0 Å². The Labute approximate surface area is 127 Å². The molecule has 1 aliphatic heterocycles. The Hall–Kier alpha value is -3.69. The molecule has 3 rings (SSSR count). The van der Waals surface area contributed by atoms with E-state index < -0.39 is 29.6 Å². The number of carbonyl (C=O) groups is 4. The SMILES string of the molecule is O=C(O)c1cccnc1C(=O)O.O=C1OC(=O)c2nccnc21. The van der Waals surface area contributed by atoms with Crippen molar-refractivity contribution in [1.29, 1.82) is 0 Å². The van der Waals surface area contributed by atoms with Crippen LogP contribution in [0.25, 0.3) is 0 Å². The molecule has 0 bridgehead atoms. The minimum absolute atomic E-state index is 0.00231. The second-order valence-electron chi connectivity index (χ2n) is 3.94. The van der Waals surface area contributed by atoms with Gasteiger partial charge in [-0.2, -0.15) is 0 Å². The molecular formula is C13H7N3O7. The van der Waals surface area contributed by atoms with Crippen LogP contribution in [0.15, 0.2) is 30.7 Å². The van der Waals surface area contributed by atoms with Gasteiger partial charge in [-0.1, -0.05) is 0 Å². The lowest BCUT2D eigenvalue weighted by Crippen LogP contribution is -2.09. The van der Waals surface area contributed by atoms with Crippen molar-refractivity contribution >= 4 is 23.9 Å². The number of cyclic esters (lactones) is 2. The van der Waals surface area contributed by atoms with Crippen LogP contribution < -0.4 is 0 Å². The van der Waals surface area contributed by atoms with Crippen LogP contribution in [0.3, 0.4) is 0 Å². The van der Waals surface area contributed by atoms with E-state index in [4.69, 9.17) is 10.2 Å². The number of fused-ring (bicyclic) bond motifs is 1. The zero-order valence-corrected chi connectivity index (χ0v) is 11.2. The number of aromatic carboxylic acids is 2. The quantitative estimate of drug-likeness (QED) is 0.581. The van der Waals surface area contributed by atoms with Crippen LogP contribution in [0.2, 0.25) is 0 Å². The van der Waals surface area contributed by atoms with Crippen molar-refractivity contribution in [2.24, 2.45) is 0 Å². The predicted octanol–water partition coefficient (Wildman–Crippen LogP) is 0.265. The molecule has 2 N–H and O–H groups in total. The van der Waals surface area contributed by atoms with Crippen molar-refractivity contribution < 1.29 is 34.1 Å². The van der Waals surface area contributed by atoms with E-state index in [2.05, 4.69) is 19.7 Å². The van der Waals surface area contributed by atoms with E-state index in [-0.39, 0.29) is 17.0 Å². The number of rotatable bonds is 2. The summed E-state index contributed by atoms with van der Waals surface area (Å²) in [6, 6.07) is 2.56. The lowest BCUT2D eigenvalue weighted by atomic mass is 10.2. The Balaban J connectivity index is 0.000000167. The van der Waals surface area contributed by atoms with Crippen molar-refractivity contribution in [3.63, 3.8) is 0 Å². The van der Waals surface area contributed by atoms with E-state index in [0.717, 1.165) is 0 Å². The summed E-state index contributed by atoms with van der Waals surface area (Å²) in [4.78, 5) is 53.0. The molecule has 23 heavy (non-hydrogen) atoms. The van der Waals surface area contributed by atoms with E-state index in [1.807, 2.05) is 0 Å². The number of ether oxygens (including phenoxy) is 1. The van der Waals surface area contributed by atoms with Gasteiger partial charge in [0.15, 0.2) is 17.1 Å². The van der Waals surface area contributed by atoms with Crippen LogP contribution in [-0.2, 0) is 4.74 Å². The highest BCUT2D eigenvalue weighted by molar-refractivity contribution is 6.12. The summed E-state index contributed by atoms with van der Waals surface area (Å²) < 4.78 is 4.23. The third-order valence-corrected chi connectivity index (χ3v) is 2.51. The van der Waals surface area contributed by atoms with Crippen LogP contribution >= 0.6 is 0 Å². The van der Waals surface area contributed by atoms with E-state index in [9.17, 15) is 19.2 Å². The zero-order chi connectivity index (χ0) is 17.0. The predicted molar refractivity (Wildman–Crippen MR) is 69.9 cm³/mol. The molecule has 10 nitrogen and oxygen atoms in total. The monoisotopic (exact) mass is 317 g/mol. The van der Waals surface area contributed by atoms with Gasteiger partial charge >= 0.3 is 23.9 Å². The molecular weight excluding hydrogens is 310 g/mol. The summed E-state index contributed by atoms with van der Waals surface area (Å²) in [6.07, 6.45) is 3.90. The van der Waals surface area contributed by atoms with Gasteiger partial charge in [-0.3, -0.25) is 0 Å². The fourth-order valence-electron chi connectivity index (χ4n) is 1.57. The fourth-order valence-corrected chi connectivity index (χ4v) is 1.57. The van der Waals surface area contributed by atoms with Gasteiger partial charge in [0.05, 0.1) is 5.56 Å². The van der Waals surface area contributed by atoms with Crippen LogP contribution in [0, 0.1) is 0 Å². The smallest absolute Gasteiger partial charge is 0.367 e. The maximum absolute atomic E-state index is 10.7. The van der Waals surface area contributed by atoms with Gasteiger partial charge in [-0.15, -0.1) is 0 Å². The van der Waals surface area contributed by atoms with E-state index in [1.54, 1.807) is 0 Å². The molecule has 0 fully saturated rings. The number of carboxylic acids is 2. The highest BCUT2D eigenvalue weighted by atomic mass is 16.6. The van der Waals surface area contributed by atoms with Crippen LogP contribution in [0.1, 0.15) is 41.8 Å². The van der Waals surface area contributed by atoms with Gasteiger partial charge < -0.3 is 14.9 Å². The summed E-state index contributed by atoms with van der Waals surface area (Å²) in [7, 11) is 0. The Morgan fingerprint density at radius 3 is 1.87 bits per heavy atom. The number of pyridine rings is 1. The van der Waals surface area contributed by atoms with Crippen molar-refractivity contribution in [2.45, 2.75) is 0 Å². The Bertz CT molecular complexity index is 753. The Morgan fingerprint density at radius 2 is 1.43 bits per heavy atom. The number of carboxylic acid groups (broad SMARTS) is 2. The van der Waals surface area contributed by atoms with Gasteiger partial charge in [-0.25, -0.2) is 34.1 Å². The molecule has 0 aliphatic carbocycles. The summed E-state index contributed by atoms with van der Waals surface area (Å²) in [5.74, 6) is -4.08. The molecule has 1 aliphatic rings. The van der Waals surface area contributed by atoms with Gasteiger partial charge in [-0.05, 0) is 12.1 Å². The molecule has 0 unspecified atom stereocenters. The third kappa shape index (κ3) is 3.32. The molecule has 0 saturated heterocycles. The van der Waals surface area contributed by atoms with Crippen molar-refractivity contribution in [2.75, 3.05) is 0 Å². The van der Waals surface area contributed by atoms with Gasteiger partial charge in [0.1, 0.15) is 0 Å². The fraction of sp³-hybridized carbons (Fsp3) is 0. The molecule has 10 heteroatoms. The first-order chi connectivity index (χ1) is 10.9. The summed E-state index contributed by atoms with van der Waals surface area (Å²) >= 11 is 0. The maximum atomic E-state index is 10.7. The summed E-state index contributed by atoms with van der Waals surface area (Å²) in [5, 5.41) is 17.0. The molecule has 0 aromatic carbocycles. The topological polar surface area (TPSA) is 157 Å². The molecule has 0 spiro atoms. The second kappa shape index (κ2) is 6.39. The first kappa shape index (κ1) is 15.7. The van der Waals surface area contributed by atoms with Crippen molar-refractivity contribution in [3.05, 3.63) is 53.4 Å². The van der Waals surface area contributed by atoms with Crippen molar-refractivity contribution in [1.82, 2.24) is 15.0 Å². The van der Waals surface area contributed by atoms with Crippen LogP contribution in [-0.4, -0.2) is 49.0 Å². The molecule has 0 saturated carbocycles. The molecule has 2 aromatic heterocycles. The van der Waals surface area contributed by atoms with E-state index in [0.29, 0.717) is 0 Å². The second-order valence-corrected chi connectivity index (χ2v) is 3.94. The summed E-state index contributed by atoms with van der Waals surface area (Å²) in [5.41, 5.74) is -0.745. The number of hydrogen-bond donors (Lipinski definition) is 2. The zero-order valence-electron chi connectivity index (χ0n) is 11.2. The molecule has 0 radical (unpaired) electrons. The molecule has 0 amide bonds. The molecule has 116 valence electrons. The minimum atomic E-state index is -1.34. The van der Waals surface area contributed by atoms with Crippen LogP contribution in [0.4, 0.5) is 0 Å². The normalized spacial score (nSPS) is 11.8. The number of esters is 2. The lowest BCUT2D eigenvalue weighted by Gasteiger charge is -1.97. The number of carbonyl (C=O) groups excluding carboxylic acids is 2. The highest BCUT2D eigenvalue weighted by Gasteiger charge is 2.32. The maximum Gasteiger partial charge on any atom is 0.367 e. The van der Waals surface area contributed by atoms with Crippen LogP contribution in [0.5, 0.6) is 0 Å². The van der Waals surface area contributed by atoms with Gasteiger partial charge in [0.25, 0.3) is 0 Å². The summed E-state index contributed by atoms with van der Waals surface area (Å²) in [6.45, 7) is 0. The average molecular weight is 317 g/mol. The number of aromatic nitrogens is 3. The first-order valence-corrected chi connectivity index (χ1v) is 5.91. The Kier molecular flexibility index (Phi) is 4.36. The van der Waals surface area contributed by atoms with E-state index in [1.165, 1.54) is 30.7 Å². The molecule has 0 atom stereocenters. The minimum Gasteiger partial charge on any atom is -0.478 e. The average Bonchev–Trinajstić information content (AvgIpc) is 2.83. The number of nitrogens with zero attached hydrogens (tertiary/aromatic N) is 3. The first-order valence-electron chi connectivity index (χ1n) is 5.91. The van der Waals surface area contributed by atoms with Gasteiger partial charge in [0, 0.05) is 18.6 Å². The van der Waals surface area contributed by atoms with Crippen molar-refractivity contribution in [3.8, 4) is 0 Å².